The zero-order valence-electron chi connectivity index (χ0n) is 17.9. The molecule has 2 heterocycles. The van der Waals surface area contributed by atoms with Crippen LogP contribution in [0.15, 0.2) is 30.5 Å². The zero-order chi connectivity index (χ0) is 24.2. The Morgan fingerprint density at radius 3 is 2.79 bits per heavy atom. The molecule has 0 spiro atoms. The molecular weight excluding hydrogens is 468 g/mol. The van der Waals surface area contributed by atoms with E-state index in [0.29, 0.717) is 11.5 Å². The Hall–Kier alpha value is -2.50. The number of hydrogen-bond donors (Lipinski definition) is 1. The number of aromatic nitrogens is 2. The van der Waals surface area contributed by atoms with E-state index in [0.717, 1.165) is 6.07 Å². The number of hydrogen-bond acceptors (Lipinski definition) is 6. The molecule has 0 bridgehead atoms. The molecule has 2 atom stereocenters. The van der Waals surface area contributed by atoms with Gasteiger partial charge in [-0.05, 0) is 24.3 Å². The minimum absolute atomic E-state index is 0.0836. The summed E-state index contributed by atoms with van der Waals surface area (Å²) in [6, 6.07) is 4.96. The van der Waals surface area contributed by atoms with Gasteiger partial charge in [0.05, 0.1) is 17.3 Å². The second-order valence-electron chi connectivity index (χ2n) is 7.80. The van der Waals surface area contributed by atoms with Gasteiger partial charge in [-0.1, -0.05) is 25.4 Å². The molecule has 12 heteroatoms. The van der Waals surface area contributed by atoms with Gasteiger partial charge in [-0.2, -0.15) is 13.2 Å². The van der Waals surface area contributed by atoms with E-state index < -0.39 is 36.8 Å². The fraction of sp³-hybridized carbons (Fsp3) is 0.476. The molecule has 0 aliphatic carbocycles. The van der Waals surface area contributed by atoms with Gasteiger partial charge in [-0.3, -0.25) is 10.2 Å². The minimum atomic E-state index is -4.81. The van der Waals surface area contributed by atoms with Gasteiger partial charge in [0.25, 0.3) is 0 Å². The van der Waals surface area contributed by atoms with Crippen LogP contribution in [-0.2, 0) is 9.47 Å². The lowest BCUT2D eigenvalue weighted by Crippen LogP contribution is -2.48. The van der Waals surface area contributed by atoms with E-state index >= 15 is 0 Å². The molecule has 1 amide bonds. The highest BCUT2D eigenvalue weighted by atomic mass is 35.5. The third kappa shape index (κ3) is 6.99. The van der Waals surface area contributed by atoms with Crippen molar-refractivity contribution in [3.05, 3.63) is 52.8 Å². The number of alkyl halides is 3. The van der Waals surface area contributed by atoms with Crippen LogP contribution in [0.4, 0.5) is 28.0 Å². The number of benzene rings is 1. The van der Waals surface area contributed by atoms with Crippen molar-refractivity contribution in [3.8, 4) is 0 Å². The standard InChI is InChI=1S/C21H23ClF4N4O3/c1-12(2)19-27-6-5-16(29-19)17-10-30(7-8-32-17)11-18(21(24,25)26)33-20(31)28-13-3-4-14(22)15(23)9-13/h3-6,9,12,17-18H,7-8,10-11H2,1-2H3,(H,28,31)/t17-,18-/m0/s1. The second-order valence-corrected chi connectivity index (χ2v) is 8.21. The van der Waals surface area contributed by atoms with Crippen LogP contribution in [0.25, 0.3) is 0 Å². The summed E-state index contributed by atoms with van der Waals surface area (Å²) >= 11 is 5.56. The predicted molar refractivity (Wildman–Crippen MR) is 113 cm³/mol. The number of anilines is 1. The molecule has 33 heavy (non-hydrogen) atoms. The molecule has 1 aromatic heterocycles. The van der Waals surface area contributed by atoms with E-state index in [1.165, 1.54) is 17.0 Å². The zero-order valence-corrected chi connectivity index (χ0v) is 18.7. The van der Waals surface area contributed by atoms with Crippen molar-refractivity contribution in [1.82, 2.24) is 14.9 Å². The van der Waals surface area contributed by atoms with Gasteiger partial charge in [0, 0.05) is 37.4 Å². The van der Waals surface area contributed by atoms with Gasteiger partial charge in [0.1, 0.15) is 17.7 Å². The Labute approximate surface area is 193 Å². The molecule has 1 aromatic carbocycles. The van der Waals surface area contributed by atoms with Crippen LogP contribution in [0.2, 0.25) is 5.02 Å². The molecule has 1 saturated heterocycles. The van der Waals surface area contributed by atoms with Crippen LogP contribution in [0.5, 0.6) is 0 Å². The predicted octanol–water partition coefficient (Wildman–Crippen LogP) is 4.95. The third-order valence-electron chi connectivity index (χ3n) is 4.90. The molecular formula is C21H23ClF4N4O3. The Morgan fingerprint density at radius 2 is 2.12 bits per heavy atom. The normalized spacial score (nSPS) is 18.2. The largest absolute Gasteiger partial charge is 0.435 e. The molecule has 1 aliphatic heterocycles. The Balaban J connectivity index is 1.65. The number of carbonyl (C=O) groups excluding carboxylic acids is 1. The summed E-state index contributed by atoms with van der Waals surface area (Å²) in [5.74, 6) is -0.133. The lowest BCUT2D eigenvalue weighted by Gasteiger charge is -2.35. The number of rotatable bonds is 6. The number of ether oxygens (including phenoxy) is 2. The van der Waals surface area contributed by atoms with E-state index in [1.54, 1.807) is 12.3 Å². The Kier molecular flexibility index (Phi) is 8.09. The molecule has 7 nitrogen and oxygen atoms in total. The Bertz CT molecular complexity index is 977. The van der Waals surface area contributed by atoms with Gasteiger partial charge in [-0.15, -0.1) is 0 Å². The van der Waals surface area contributed by atoms with Crippen molar-refractivity contribution in [2.24, 2.45) is 0 Å². The van der Waals surface area contributed by atoms with Gasteiger partial charge in [0.2, 0.25) is 6.10 Å². The van der Waals surface area contributed by atoms with Gasteiger partial charge >= 0.3 is 12.3 Å². The summed E-state index contributed by atoms with van der Waals surface area (Å²) < 4.78 is 64.6. The fourth-order valence-corrected chi connectivity index (χ4v) is 3.30. The van der Waals surface area contributed by atoms with Gasteiger partial charge in [-0.25, -0.2) is 19.2 Å². The summed E-state index contributed by atoms with van der Waals surface area (Å²) in [5, 5.41) is 1.89. The monoisotopic (exact) mass is 490 g/mol. The summed E-state index contributed by atoms with van der Waals surface area (Å²) in [7, 11) is 0. The number of carbonyl (C=O) groups is 1. The lowest BCUT2D eigenvalue weighted by molar-refractivity contribution is -0.209. The molecule has 1 fully saturated rings. The molecule has 0 radical (unpaired) electrons. The third-order valence-corrected chi connectivity index (χ3v) is 5.20. The highest BCUT2D eigenvalue weighted by Crippen LogP contribution is 2.28. The molecule has 1 aliphatic rings. The number of nitrogens with zero attached hydrogens (tertiary/aromatic N) is 3. The van der Waals surface area contributed by atoms with Gasteiger partial charge in [0.15, 0.2) is 0 Å². The first-order valence-electron chi connectivity index (χ1n) is 10.2. The van der Waals surface area contributed by atoms with Crippen LogP contribution >= 0.6 is 11.6 Å². The summed E-state index contributed by atoms with van der Waals surface area (Å²) in [5.41, 5.74) is 0.490. The van der Waals surface area contributed by atoms with Crippen molar-refractivity contribution in [3.63, 3.8) is 0 Å². The maximum atomic E-state index is 13.6. The van der Waals surface area contributed by atoms with Crippen molar-refractivity contribution in [1.29, 1.82) is 0 Å². The number of morpholine rings is 1. The highest BCUT2D eigenvalue weighted by Gasteiger charge is 2.44. The topological polar surface area (TPSA) is 76.6 Å². The summed E-state index contributed by atoms with van der Waals surface area (Å²) in [6.45, 7) is 3.82. The number of nitrogens with one attached hydrogen (secondary N) is 1. The number of halogens is 5. The first kappa shape index (κ1) is 25.1. The highest BCUT2D eigenvalue weighted by molar-refractivity contribution is 6.30. The minimum Gasteiger partial charge on any atom is -0.435 e. The van der Waals surface area contributed by atoms with Crippen LogP contribution in [0, 0.1) is 5.82 Å². The Morgan fingerprint density at radius 1 is 1.36 bits per heavy atom. The average Bonchev–Trinajstić information content (AvgIpc) is 2.75. The average molecular weight is 491 g/mol. The molecule has 180 valence electrons. The first-order valence-corrected chi connectivity index (χ1v) is 10.6. The van der Waals surface area contributed by atoms with Crippen molar-refractivity contribution in [2.45, 2.75) is 38.1 Å². The fourth-order valence-electron chi connectivity index (χ4n) is 3.19. The van der Waals surface area contributed by atoms with E-state index in [9.17, 15) is 22.4 Å². The maximum absolute atomic E-state index is 13.6. The van der Waals surface area contributed by atoms with E-state index in [2.05, 4.69) is 20.0 Å². The van der Waals surface area contributed by atoms with Gasteiger partial charge < -0.3 is 9.47 Å². The SMILES string of the molecule is CC(C)c1nccc([C@@H]2CN(C[C@H](OC(=O)Nc3ccc(Cl)c(F)c3)C(F)(F)F)CCO2)n1. The molecule has 0 saturated carbocycles. The van der Waals surface area contributed by atoms with Crippen LogP contribution in [0.3, 0.4) is 0 Å². The first-order chi connectivity index (χ1) is 15.5. The smallest absolute Gasteiger partial charge is 0.426 e. The van der Waals surface area contributed by atoms with E-state index in [1.807, 2.05) is 13.8 Å². The van der Waals surface area contributed by atoms with Crippen molar-refractivity contribution < 1.29 is 31.8 Å². The van der Waals surface area contributed by atoms with Crippen LogP contribution in [0.1, 0.15) is 37.4 Å². The summed E-state index contributed by atoms with van der Waals surface area (Å²) in [4.78, 5) is 22.2. The molecule has 3 rings (SSSR count). The van der Waals surface area contributed by atoms with Crippen LogP contribution in [-0.4, -0.2) is 59.5 Å². The number of amides is 1. The lowest BCUT2D eigenvalue weighted by atomic mass is 10.1. The van der Waals surface area contributed by atoms with E-state index in [-0.39, 0.29) is 36.3 Å². The molecule has 1 N–H and O–H groups in total. The van der Waals surface area contributed by atoms with E-state index in [4.69, 9.17) is 16.3 Å². The molecule has 2 aromatic rings. The van der Waals surface area contributed by atoms with Crippen molar-refractivity contribution in [2.75, 3.05) is 31.6 Å². The van der Waals surface area contributed by atoms with Crippen LogP contribution < -0.4 is 5.32 Å². The quantitative estimate of drug-likeness (QED) is 0.578. The second kappa shape index (κ2) is 10.6. The van der Waals surface area contributed by atoms with Crippen molar-refractivity contribution >= 4 is 23.4 Å². The summed E-state index contributed by atoms with van der Waals surface area (Å²) in [6.07, 6.45) is -7.52. The molecule has 0 unspecified atom stereocenters. The maximum Gasteiger partial charge on any atom is 0.426 e.